The van der Waals surface area contributed by atoms with Crippen molar-refractivity contribution in [3.63, 3.8) is 0 Å². The van der Waals surface area contributed by atoms with Crippen LogP contribution in [0.4, 0.5) is 0 Å². The van der Waals surface area contributed by atoms with Crippen LogP contribution in [0.3, 0.4) is 0 Å². The summed E-state index contributed by atoms with van der Waals surface area (Å²) in [5, 5.41) is 10.1. The second-order valence-electron chi connectivity index (χ2n) is 13.9. The summed E-state index contributed by atoms with van der Waals surface area (Å²) in [6.07, 6.45) is 10.3. The number of carbonyl (C=O) groups is 4. The maximum absolute atomic E-state index is 12.7. The van der Waals surface area contributed by atoms with Gasteiger partial charge in [-0.05, 0) is 97.7 Å². The number of pyridine rings is 1. The number of hydrogen-bond acceptors (Lipinski definition) is 9. The number of aromatic hydroxyl groups is 1. The SMILES string of the molecule is CCCc1cc(C(=O)CC)cc(CCC)c1O.CCCc1cc(C(=O)CC)cc(CCC)c1OC(C(=O)OCC)c1cccnc1.CCOC(=O)C(Br)c1ccccc1. The fourth-order valence-corrected chi connectivity index (χ4v) is 6.76. The predicted octanol–water partition coefficient (Wildman–Crippen LogP) is 11.8. The number of benzene rings is 3. The number of rotatable bonds is 20. The van der Waals surface area contributed by atoms with Gasteiger partial charge in [-0.1, -0.05) is 120 Å². The number of ketones is 2. The molecule has 320 valence electrons. The van der Waals surface area contributed by atoms with Crippen LogP contribution >= 0.6 is 15.9 Å². The number of aryl methyl sites for hydroxylation is 4. The number of phenolic OH excluding ortho intramolecular Hbond substituents is 1. The van der Waals surface area contributed by atoms with E-state index in [0.29, 0.717) is 42.1 Å². The summed E-state index contributed by atoms with van der Waals surface area (Å²) in [7, 11) is 0. The van der Waals surface area contributed by atoms with Gasteiger partial charge in [-0.25, -0.2) is 4.79 Å². The van der Waals surface area contributed by atoms with Gasteiger partial charge in [0.1, 0.15) is 16.3 Å². The zero-order valence-corrected chi connectivity index (χ0v) is 37.9. The molecule has 0 saturated heterocycles. The van der Waals surface area contributed by atoms with Gasteiger partial charge in [0.25, 0.3) is 0 Å². The molecule has 0 saturated carbocycles. The molecule has 10 heteroatoms. The topological polar surface area (TPSA) is 129 Å². The lowest BCUT2D eigenvalue weighted by Gasteiger charge is -2.23. The number of esters is 2. The highest BCUT2D eigenvalue weighted by Gasteiger charge is 2.27. The molecule has 9 nitrogen and oxygen atoms in total. The van der Waals surface area contributed by atoms with Gasteiger partial charge in [-0.15, -0.1) is 0 Å². The summed E-state index contributed by atoms with van der Waals surface area (Å²) >= 11 is 3.28. The van der Waals surface area contributed by atoms with E-state index in [4.69, 9.17) is 14.2 Å². The zero-order valence-electron chi connectivity index (χ0n) is 36.3. The summed E-state index contributed by atoms with van der Waals surface area (Å²) in [4.78, 5) is 51.8. The van der Waals surface area contributed by atoms with Crippen molar-refractivity contribution in [2.24, 2.45) is 0 Å². The molecule has 0 spiro atoms. The van der Waals surface area contributed by atoms with Crippen molar-refractivity contribution < 1.29 is 38.5 Å². The molecule has 3 aromatic carbocycles. The van der Waals surface area contributed by atoms with Crippen LogP contribution in [0.25, 0.3) is 0 Å². The van der Waals surface area contributed by atoms with Crippen LogP contribution in [0.1, 0.15) is 159 Å². The summed E-state index contributed by atoms with van der Waals surface area (Å²) in [6.45, 7) is 16.3. The van der Waals surface area contributed by atoms with Crippen molar-refractivity contribution in [1.29, 1.82) is 0 Å². The number of halogens is 1. The predicted molar refractivity (Wildman–Crippen MR) is 239 cm³/mol. The van der Waals surface area contributed by atoms with Gasteiger partial charge in [0.2, 0.25) is 6.10 Å². The number of hydrogen-bond donors (Lipinski definition) is 1. The normalized spacial score (nSPS) is 11.5. The first-order valence-electron chi connectivity index (χ1n) is 21.1. The Kier molecular flexibility index (Phi) is 23.7. The summed E-state index contributed by atoms with van der Waals surface area (Å²) in [6, 6.07) is 20.6. The molecule has 0 aliphatic carbocycles. The molecular formula is C49H64BrNO8. The number of aromatic nitrogens is 1. The highest BCUT2D eigenvalue weighted by molar-refractivity contribution is 9.09. The lowest BCUT2D eigenvalue weighted by molar-refractivity contribution is -0.151. The zero-order chi connectivity index (χ0) is 43.7. The maximum atomic E-state index is 12.7. The van der Waals surface area contributed by atoms with Gasteiger partial charge in [0.15, 0.2) is 11.6 Å². The van der Waals surface area contributed by atoms with E-state index in [-0.39, 0.29) is 29.0 Å². The van der Waals surface area contributed by atoms with Crippen molar-refractivity contribution >= 4 is 39.4 Å². The molecule has 4 rings (SSSR count). The monoisotopic (exact) mass is 873 g/mol. The summed E-state index contributed by atoms with van der Waals surface area (Å²) in [5.74, 6) is 0.651. The molecule has 1 N–H and O–H groups in total. The van der Waals surface area contributed by atoms with Crippen LogP contribution in [0.5, 0.6) is 11.5 Å². The van der Waals surface area contributed by atoms with Crippen molar-refractivity contribution in [3.8, 4) is 11.5 Å². The molecule has 2 atom stereocenters. The number of alkyl halides is 1. The van der Waals surface area contributed by atoms with Gasteiger partial charge in [-0.3, -0.25) is 19.4 Å². The molecule has 59 heavy (non-hydrogen) atoms. The Labute approximate surface area is 360 Å². The Morgan fingerprint density at radius 3 is 1.47 bits per heavy atom. The lowest BCUT2D eigenvalue weighted by Crippen LogP contribution is -2.23. The minimum absolute atomic E-state index is 0.112. The molecule has 2 unspecified atom stereocenters. The van der Waals surface area contributed by atoms with Gasteiger partial charge in [0.05, 0.1) is 13.2 Å². The smallest absolute Gasteiger partial charge is 0.352 e. The molecule has 0 amide bonds. The van der Waals surface area contributed by atoms with Crippen LogP contribution in [-0.4, -0.2) is 46.8 Å². The fourth-order valence-electron chi connectivity index (χ4n) is 6.32. The molecule has 0 fully saturated rings. The van der Waals surface area contributed by atoms with E-state index in [0.717, 1.165) is 84.7 Å². The molecule has 0 aliphatic rings. The molecule has 0 bridgehead atoms. The third-order valence-corrected chi connectivity index (χ3v) is 10.1. The number of ether oxygens (including phenoxy) is 3. The van der Waals surface area contributed by atoms with E-state index in [1.807, 2.05) is 74.5 Å². The van der Waals surface area contributed by atoms with E-state index in [1.54, 1.807) is 32.3 Å². The van der Waals surface area contributed by atoms with Crippen LogP contribution in [0, 0.1) is 0 Å². The average molecular weight is 875 g/mol. The summed E-state index contributed by atoms with van der Waals surface area (Å²) in [5.41, 5.74) is 6.75. The van der Waals surface area contributed by atoms with Crippen LogP contribution in [0.2, 0.25) is 0 Å². The molecule has 1 heterocycles. The Morgan fingerprint density at radius 1 is 0.610 bits per heavy atom. The van der Waals surface area contributed by atoms with Crippen LogP contribution in [-0.2, 0) is 44.7 Å². The maximum Gasteiger partial charge on any atom is 0.352 e. The Balaban J connectivity index is 0.000000337. The quantitative estimate of drug-likeness (QED) is 0.0524. The van der Waals surface area contributed by atoms with E-state index < -0.39 is 12.1 Å². The minimum Gasteiger partial charge on any atom is -0.507 e. The van der Waals surface area contributed by atoms with Gasteiger partial charge in [-0.2, -0.15) is 0 Å². The third-order valence-electron chi connectivity index (χ3n) is 9.18. The summed E-state index contributed by atoms with van der Waals surface area (Å²) < 4.78 is 16.5. The number of Topliss-reactive ketones (excluding diaryl/α,β-unsaturated/α-hetero) is 2. The van der Waals surface area contributed by atoms with Crippen molar-refractivity contribution in [2.75, 3.05) is 13.2 Å². The highest BCUT2D eigenvalue weighted by Crippen LogP contribution is 2.34. The van der Waals surface area contributed by atoms with E-state index >= 15 is 0 Å². The molecule has 0 aliphatic heterocycles. The fraction of sp³-hybridized carbons (Fsp3) is 0.449. The number of nitrogens with zero attached hydrogens (tertiary/aromatic N) is 1. The van der Waals surface area contributed by atoms with Crippen molar-refractivity contribution in [1.82, 2.24) is 4.98 Å². The number of carbonyl (C=O) groups excluding carboxylic acids is 4. The first kappa shape index (κ1) is 50.3. The van der Waals surface area contributed by atoms with Gasteiger partial charge in [0, 0.05) is 41.9 Å². The first-order valence-corrected chi connectivity index (χ1v) is 22.0. The lowest BCUT2D eigenvalue weighted by atomic mass is 9.95. The van der Waals surface area contributed by atoms with Crippen molar-refractivity contribution in [2.45, 2.75) is 131 Å². The van der Waals surface area contributed by atoms with Gasteiger partial charge >= 0.3 is 11.9 Å². The second kappa shape index (κ2) is 27.8. The highest BCUT2D eigenvalue weighted by atomic mass is 79.9. The third kappa shape index (κ3) is 16.0. The minimum atomic E-state index is -0.900. The Morgan fingerprint density at radius 2 is 1.05 bits per heavy atom. The Hall–Kier alpha value is -4.83. The Bertz CT molecular complexity index is 1840. The molecular weight excluding hydrogens is 810 g/mol. The molecule has 4 aromatic rings. The van der Waals surface area contributed by atoms with Crippen LogP contribution < -0.4 is 4.74 Å². The molecule has 0 radical (unpaired) electrons. The molecule has 1 aromatic heterocycles. The van der Waals surface area contributed by atoms with Gasteiger partial charge < -0.3 is 19.3 Å². The van der Waals surface area contributed by atoms with Crippen LogP contribution in [0.15, 0.2) is 79.1 Å². The van der Waals surface area contributed by atoms with E-state index in [2.05, 4.69) is 48.6 Å². The number of phenols is 1. The average Bonchev–Trinajstić information content (AvgIpc) is 3.25. The standard InChI is InChI=1S/C24H31NO4.C15H22O2.C10H11BrO2/c1-5-10-17-14-20(21(26)7-3)15-18(11-6-2)22(17)29-23(24(27)28-8-4)19-12-9-13-25-16-19;1-4-7-11-9-13(14(16)6-3)10-12(8-5-2)15(11)17;1-2-13-10(12)9(11)8-6-4-3-5-7-8/h9,12-16,23H,5-8,10-11H2,1-4H3;9-10,17H,4-8H2,1-3H3;3-7,9H,2H2,1H3. The van der Waals surface area contributed by atoms with E-state index in [9.17, 15) is 24.3 Å². The second-order valence-corrected chi connectivity index (χ2v) is 14.8. The van der Waals surface area contributed by atoms with E-state index in [1.165, 1.54) is 0 Å². The first-order chi connectivity index (χ1) is 28.4. The van der Waals surface area contributed by atoms with Crippen molar-refractivity contribution in [3.05, 3.63) is 124 Å². The largest absolute Gasteiger partial charge is 0.507 e.